The zero-order chi connectivity index (χ0) is 21.2. The molecule has 0 fully saturated rings. The maximum Gasteiger partial charge on any atom is 0.337 e. The van der Waals surface area contributed by atoms with Gasteiger partial charge in [-0.25, -0.2) is 9.18 Å². The molecule has 152 valence electrons. The number of anilines is 1. The SMILES string of the molecule is CCCN1c2cc(F)c(C=Nc3cccc(C(=O)OC)c3)cc2C(C)=CC1(C)C. The summed E-state index contributed by atoms with van der Waals surface area (Å²) in [7, 11) is 1.33. The lowest BCUT2D eigenvalue weighted by atomic mass is 9.87. The van der Waals surface area contributed by atoms with E-state index in [0.29, 0.717) is 16.8 Å². The summed E-state index contributed by atoms with van der Waals surface area (Å²) in [6.07, 6.45) is 4.71. The Balaban J connectivity index is 1.98. The Morgan fingerprint density at radius 2 is 2.03 bits per heavy atom. The van der Waals surface area contributed by atoms with E-state index in [2.05, 4.69) is 43.7 Å². The first-order chi connectivity index (χ1) is 13.8. The van der Waals surface area contributed by atoms with Gasteiger partial charge < -0.3 is 9.64 Å². The number of aliphatic imine (C=N–C) groups is 1. The summed E-state index contributed by atoms with van der Waals surface area (Å²) in [6, 6.07) is 10.2. The van der Waals surface area contributed by atoms with Crippen molar-refractivity contribution in [3.05, 3.63) is 65.0 Å². The minimum Gasteiger partial charge on any atom is -0.465 e. The molecule has 1 heterocycles. The molecule has 0 radical (unpaired) electrons. The van der Waals surface area contributed by atoms with Gasteiger partial charge in [-0.3, -0.25) is 4.99 Å². The van der Waals surface area contributed by atoms with E-state index in [0.717, 1.165) is 29.8 Å². The third kappa shape index (κ3) is 4.24. The fourth-order valence-electron chi connectivity index (χ4n) is 3.82. The summed E-state index contributed by atoms with van der Waals surface area (Å²) in [5.74, 6) is -0.746. The van der Waals surface area contributed by atoms with Crippen molar-refractivity contribution >= 4 is 29.1 Å². The molecule has 0 N–H and O–H groups in total. The average molecular weight is 394 g/mol. The van der Waals surface area contributed by atoms with Crippen molar-refractivity contribution in [2.75, 3.05) is 18.6 Å². The Hall–Kier alpha value is -2.95. The van der Waals surface area contributed by atoms with Crippen molar-refractivity contribution in [1.82, 2.24) is 0 Å². The molecular weight excluding hydrogens is 367 g/mol. The van der Waals surface area contributed by atoms with E-state index in [1.165, 1.54) is 13.3 Å². The molecule has 1 aliphatic heterocycles. The van der Waals surface area contributed by atoms with Crippen LogP contribution in [0.2, 0.25) is 0 Å². The first-order valence-electron chi connectivity index (χ1n) is 9.80. The molecular formula is C24H27FN2O2. The summed E-state index contributed by atoms with van der Waals surface area (Å²) < 4.78 is 19.7. The second kappa shape index (κ2) is 8.19. The number of benzene rings is 2. The Labute approximate surface area is 171 Å². The lowest BCUT2D eigenvalue weighted by molar-refractivity contribution is 0.0601. The van der Waals surface area contributed by atoms with Gasteiger partial charge in [-0.05, 0) is 63.1 Å². The number of nitrogens with zero attached hydrogens (tertiary/aromatic N) is 2. The average Bonchev–Trinajstić information content (AvgIpc) is 2.69. The van der Waals surface area contributed by atoms with Crippen molar-refractivity contribution in [2.45, 2.75) is 39.7 Å². The maximum absolute atomic E-state index is 14.9. The van der Waals surface area contributed by atoms with Gasteiger partial charge in [-0.15, -0.1) is 0 Å². The summed E-state index contributed by atoms with van der Waals surface area (Å²) in [5, 5.41) is 0. The molecule has 4 nitrogen and oxygen atoms in total. The van der Waals surface area contributed by atoms with Crippen LogP contribution in [-0.2, 0) is 4.74 Å². The van der Waals surface area contributed by atoms with Gasteiger partial charge in [-0.2, -0.15) is 0 Å². The minimum absolute atomic E-state index is 0.163. The van der Waals surface area contributed by atoms with E-state index < -0.39 is 5.97 Å². The van der Waals surface area contributed by atoms with Crippen LogP contribution in [0.3, 0.4) is 0 Å². The van der Waals surface area contributed by atoms with Crippen LogP contribution in [0.1, 0.15) is 55.6 Å². The molecule has 0 aromatic heterocycles. The number of hydrogen-bond donors (Lipinski definition) is 0. The standard InChI is InChI=1S/C24H27FN2O2/c1-6-10-27-22-13-21(25)18(12-20(22)16(2)14-24(27,3)4)15-26-19-9-7-8-17(11-19)23(28)29-5/h7-9,11-15H,6,10H2,1-5H3. The van der Waals surface area contributed by atoms with E-state index in [9.17, 15) is 9.18 Å². The molecule has 0 unspecified atom stereocenters. The number of allylic oxidation sites excluding steroid dienone is 1. The zero-order valence-electron chi connectivity index (χ0n) is 17.6. The van der Waals surface area contributed by atoms with E-state index in [-0.39, 0.29) is 11.4 Å². The van der Waals surface area contributed by atoms with Crippen molar-refractivity contribution < 1.29 is 13.9 Å². The fraction of sp³-hybridized carbons (Fsp3) is 0.333. The molecule has 0 amide bonds. The number of esters is 1. The summed E-state index contributed by atoms with van der Waals surface area (Å²) in [5.41, 5.74) is 4.28. The van der Waals surface area contributed by atoms with Crippen LogP contribution in [0.4, 0.5) is 15.8 Å². The highest BCUT2D eigenvalue weighted by molar-refractivity contribution is 5.92. The Morgan fingerprint density at radius 1 is 1.28 bits per heavy atom. The second-order valence-corrected chi connectivity index (χ2v) is 7.82. The van der Waals surface area contributed by atoms with Crippen LogP contribution in [0, 0.1) is 5.82 Å². The molecule has 2 aromatic rings. The predicted octanol–water partition coefficient (Wildman–Crippen LogP) is 5.77. The Bertz CT molecular complexity index is 992. The minimum atomic E-state index is -0.429. The summed E-state index contributed by atoms with van der Waals surface area (Å²) in [4.78, 5) is 18.3. The summed E-state index contributed by atoms with van der Waals surface area (Å²) in [6.45, 7) is 9.34. The van der Waals surface area contributed by atoms with Gasteiger partial charge in [0.2, 0.25) is 0 Å². The van der Waals surface area contributed by atoms with Gasteiger partial charge in [0.1, 0.15) is 5.82 Å². The van der Waals surface area contributed by atoms with E-state index in [1.807, 2.05) is 6.07 Å². The number of carbonyl (C=O) groups is 1. The van der Waals surface area contributed by atoms with Gasteiger partial charge in [0.05, 0.1) is 23.9 Å². The van der Waals surface area contributed by atoms with Crippen LogP contribution in [0.25, 0.3) is 5.57 Å². The quantitative estimate of drug-likeness (QED) is 0.477. The van der Waals surface area contributed by atoms with Crippen LogP contribution in [0.15, 0.2) is 47.5 Å². The molecule has 1 aliphatic rings. The van der Waals surface area contributed by atoms with Gasteiger partial charge in [0.25, 0.3) is 0 Å². The number of rotatable bonds is 5. The van der Waals surface area contributed by atoms with Gasteiger partial charge in [0, 0.05) is 29.6 Å². The lowest BCUT2D eigenvalue weighted by Crippen LogP contribution is -2.45. The first-order valence-corrected chi connectivity index (χ1v) is 9.80. The highest BCUT2D eigenvalue weighted by atomic mass is 19.1. The molecule has 0 saturated carbocycles. The molecule has 2 aromatic carbocycles. The predicted molar refractivity (Wildman–Crippen MR) is 117 cm³/mol. The van der Waals surface area contributed by atoms with Crippen molar-refractivity contribution in [1.29, 1.82) is 0 Å². The van der Waals surface area contributed by atoms with Crippen LogP contribution in [0.5, 0.6) is 0 Å². The van der Waals surface area contributed by atoms with Gasteiger partial charge >= 0.3 is 5.97 Å². The number of methoxy groups -OCH3 is 1. The second-order valence-electron chi connectivity index (χ2n) is 7.82. The number of halogens is 1. The number of hydrogen-bond acceptors (Lipinski definition) is 4. The number of fused-ring (bicyclic) bond motifs is 1. The molecule has 29 heavy (non-hydrogen) atoms. The third-order valence-corrected chi connectivity index (χ3v) is 5.16. The number of carbonyl (C=O) groups excluding carboxylic acids is 1. The zero-order valence-corrected chi connectivity index (χ0v) is 17.6. The molecule has 3 rings (SSSR count). The van der Waals surface area contributed by atoms with E-state index in [4.69, 9.17) is 4.74 Å². The monoisotopic (exact) mass is 394 g/mol. The normalized spacial score (nSPS) is 15.2. The van der Waals surface area contributed by atoms with E-state index in [1.54, 1.807) is 30.3 Å². The number of ether oxygens (including phenoxy) is 1. The molecule has 0 spiro atoms. The maximum atomic E-state index is 14.9. The van der Waals surface area contributed by atoms with Crippen molar-refractivity contribution in [3.63, 3.8) is 0 Å². The van der Waals surface area contributed by atoms with Crippen molar-refractivity contribution in [3.8, 4) is 0 Å². The van der Waals surface area contributed by atoms with Crippen LogP contribution in [-0.4, -0.2) is 31.4 Å². The highest BCUT2D eigenvalue weighted by Crippen LogP contribution is 2.40. The first kappa shape index (κ1) is 20.8. The lowest BCUT2D eigenvalue weighted by Gasteiger charge is -2.43. The molecule has 0 saturated heterocycles. The van der Waals surface area contributed by atoms with Crippen LogP contribution < -0.4 is 4.90 Å². The summed E-state index contributed by atoms with van der Waals surface area (Å²) >= 11 is 0. The van der Waals surface area contributed by atoms with Gasteiger partial charge in [-0.1, -0.05) is 19.1 Å². The van der Waals surface area contributed by atoms with Crippen molar-refractivity contribution in [2.24, 2.45) is 4.99 Å². The largest absolute Gasteiger partial charge is 0.465 e. The molecule has 0 atom stereocenters. The molecule has 0 aliphatic carbocycles. The smallest absolute Gasteiger partial charge is 0.337 e. The van der Waals surface area contributed by atoms with Gasteiger partial charge in [0.15, 0.2) is 0 Å². The Kier molecular flexibility index (Phi) is 5.87. The molecule has 5 heteroatoms. The van der Waals surface area contributed by atoms with E-state index >= 15 is 0 Å². The highest BCUT2D eigenvalue weighted by Gasteiger charge is 2.31. The Morgan fingerprint density at radius 3 is 2.72 bits per heavy atom. The third-order valence-electron chi connectivity index (χ3n) is 5.16. The van der Waals surface area contributed by atoms with Crippen LogP contribution >= 0.6 is 0 Å². The molecule has 0 bridgehead atoms. The fourth-order valence-corrected chi connectivity index (χ4v) is 3.82. The topological polar surface area (TPSA) is 41.9 Å².